The largest absolute Gasteiger partial charge is 0.488 e. The van der Waals surface area contributed by atoms with Gasteiger partial charge < -0.3 is 4.74 Å². The van der Waals surface area contributed by atoms with Gasteiger partial charge in [-0.25, -0.2) is 0 Å². The zero-order chi connectivity index (χ0) is 15.9. The molecule has 0 saturated carbocycles. The van der Waals surface area contributed by atoms with Gasteiger partial charge in [0, 0.05) is 16.8 Å². The minimum Gasteiger partial charge on any atom is -0.488 e. The number of rotatable bonds is 5. The Morgan fingerprint density at radius 3 is 2.48 bits per heavy atom. The second kappa shape index (κ2) is 7.61. The molecule has 0 aliphatic carbocycles. The van der Waals surface area contributed by atoms with E-state index in [2.05, 4.69) is 4.99 Å². The first-order valence-electron chi connectivity index (χ1n) is 7.37. The maximum absolute atomic E-state index is 6.00. The van der Waals surface area contributed by atoms with Crippen LogP contribution >= 0.6 is 11.6 Å². The van der Waals surface area contributed by atoms with E-state index in [0.29, 0.717) is 11.6 Å². The lowest BCUT2D eigenvalue weighted by molar-refractivity contribution is 0.306. The molecule has 0 saturated heterocycles. The molecule has 0 radical (unpaired) electrons. The lowest BCUT2D eigenvalue weighted by Crippen LogP contribution is -1.98. The number of halogens is 1. The fraction of sp³-hybridized carbons (Fsp3) is 0.0500. The summed E-state index contributed by atoms with van der Waals surface area (Å²) in [6.45, 7) is 0.469. The average Bonchev–Trinajstić information content (AvgIpc) is 2.60. The van der Waals surface area contributed by atoms with Crippen molar-refractivity contribution in [1.29, 1.82) is 0 Å². The first-order chi connectivity index (χ1) is 11.3. The summed E-state index contributed by atoms with van der Waals surface area (Å²) in [5.41, 5.74) is 2.89. The van der Waals surface area contributed by atoms with Crippen LogP contribution < -0.4 is 4.74 Å². The molecule has 23 heavy (non-hydrogen) atoms. The van der Waals surface area contributed by atoms with E-state index >= 15 is 0 Å². The maximum atomic E-state index is 6.00. The Morgan fingerprint density at radius 2 is 1.65 bits per heavy atom. The van der Waals surface area contributed by atoms with E-state index < -0.39 is 0 Å². The molecule has 0 spiro atoms. The molecule has 0 aromatic heterocycles. The number of ether oxygens (including phenoxy) is 1. The highest BCUT2D eigenvalue weighted by atomic mass is 35.5. The Balaban J connectivity index is 1.74. The van der Waals surface area contributed by atoms with Gasteiger partial charge in [-0.3, -0.25) is 4.99 Å². The molecular formula is C20H16ClNO. The molecule has 3 rings (SSSR count). The topological polar surface area (TPSA) is 21.6 Å². The number of nitrogens with zero attached hydrogens (tertiary/aromatic N) is 1. The van der Waals surface area contributed by atoms with Gasteiger partial charge in [-0.1, -0.05) is 54.1 Å². The quantitative estimate of drug-likeness (QED) is 0.555. The molecule has 0 amide bonds. The highest BCUT2D eigenvalue weighted by Gasteiger charge is 2.02. The molecule has 2 nitrogen and oxygen atoms in total. The fourth-order valence-corrected chi connectivity index (χ4v) is 2.38. The second-order valence-electron chi connectivity index (χ2n) is 5.05. The smallest absolute Gasteiger partial charge is 0.128 e. The van der Waals surface area contributed by atoms with Crippen LogP contribution in [0.25, 0.3) is 0 Å². The molecule has 0 unspecified atom stereocenters. The third-order valence-corrected chi connectivity index (χ3v) is 3.55. The predicted octanol–water partition coefficient (Wildman–Crippen LogP) is 5.67. The Kier molecular flexibility index (Phi) is 5.07. The van der Waals surface area contributed by atoms with E-state index in [1.54, 1.807) is 0 Å². The Bertz CT molecular complexity index is 800. The Morgan fingerprint density at radius 1 is 0.870 bits per heavy atom. The van der Waals surface area contributed by atoms with Gasteiger partial charge in [-0.15, -0.1) is 0 Å². The van der Waals surface area contributed by atoms with Gasteiger partial charge in [0.2, 0.25) is 0 Å². The standard InChI is InChI=1S/C20H16ClNO/c21-18-9-6-7-16(13-18)15-23-20-12-5-4-8-17(20)14-22-19-10-2-1-3-11-19/h1-14H,15H2. The molecule has 0 aliphatic heterocycles. The molecular weight excluding hydrogens is 306 g/mol. The van der Waals surface area contributed by atoms with Gasteiger partial charge in [0.25, 0.3) is 0 Å². The van der Waals surface area contributed by atoms with E-state index in [0.717, 1.165) is 22.6 Å². The average molecular weight is 322 g/mol. The summed E-state index contributed by atoms with van der Waals surface area (Å²) in [5, 5.41) is 0.713. The SMILES string of the molecule is Clc1cccc(COc2ccccc2C=Nc2ccccc2)c1. The van der Waals surface area contributed by atoms with E-state index in [4.69, 9.17) is 16.3 Å². The van der Waals surface area contributed by atoms with Gasteiger partial charge in [0.1, 0.15) is 12.4 Å². The minimum atomic E-state index is 0.469. The highest BCUT2D eigenvalue weighted by molar-refractivity contribution is 6.30. The fourth-order valence-electron chi connectivity index (χ4n) is 2.16. The molecule has 0 heterocycles. The molecule has 3 heteroatoms. The first-order valence-corrected chi connectivity index (χ1v) is 7.74. The normalized spacial score (nSPS) is 10.8. The summed E-state index contributed by atoms with van der Waals surface area (Å²) in [6.07, 6.45) is 1.82. The van der Waals surface area contributed by atoms with Gasteiger partial charge in [-0.2, -0.15) is 0 Å². The van der Waals surface area contributed by atoms with Crippen LogP contribution in [0.2, 0.25) is 5.02 Å². The number of hydrogen-bond acceptors (Lipinski definition) is 2. The number of benzene rings is 3. The van der Waals surface area contributed by atoms with E-state index in [1.807, 2.05) is 85.1 Å². The minimum absolute atomic E-state index is 0.469. The number of aliphatic imine (C=N–C) groups is 1. The van der Waals surface area contributed by atoms with E-state index in [1.165, 1.54) is 0 Å². The Hall–Kier alpha value is -2.58. The molecule has 3 aromatic carbocycles. The van der Waals surface area contributed by atoms with Crippen LogP contribution in [0.15, 0.2) is 83.9 Å². The van der Waals surface area contributed by atoms with Crippen molar-refractivity contribution in [2.75, 3.05) is 0 Å². The molecule has 0 atom stereocenters. The predicted molar refractivity (Wildman–Crippen MR) is 95.9 cm³/mol. The van der Waals surface area contributed by atoms with Crippen molar-refractivity contribution in [3.63, 3.8) is 0 Å². The van der Waals surface area contributed by atoms with Gasteiger partial charge in [0.15, 0.2) is 0 Å². The third kappa shape index (κ3) is 4.44. The Labute approximate surface area is 141 Å². The molecule has 0 fully saturated rings. The van der Waals surface area contributed by atoms with Crippen LogP contribution in [-0.4, -0.2) is 6.21 Å². The number of para-hydroxylation sites is 2. The molecule has 0 N–H and O–H groups in total. The lowest BCUT2D eigenvalue weighted by Gasteiger charge is -2.09. The van der Waals surface area contributed by atoms with Crippen LogP contribution in [0, 0.1) is 0 Å². The van der Waals surface area contributed by atoms with Gasteiger partial charge in [-0.05, 0) is 42.0 Å². The third-order valence-electron chi connectivity index (χ3n) is 3.31. The first kappa shape index (κ1) is 15.3. The van der Waals surface area contributed by atoms with Gasteiger partial charge in [0.05, 0.1) is 5.69 Å². The zero-order valence-electron chi connectivity index (χ0n) is 12.5. The van der Waals surface area contributed by atoms with E-state index in [-0.39, 0.29) is 0 Å². The van der Waals surface area contributed by atoms with Gasteiger partial charge >= 0.3 is 0 Å². The molecule has 0 bridgehead atoms. The lowest BCUT2D eigenvalue weighted by atomic mass is 10.2. The summed E-state index contributed by atoms with van der Waals surface area (Å²) in [4.78, 5) is 4.48. The molecule has 3 aromatic rings. The van der Waals surface area contributed by atoms with Crippen molar-refractivity contribution >= 4 is 23.5 Å². The molecule has 0 aliphatic rings. The van der Waals surface area contributed by atoms with Crippen molar-refractivity contribution in [3.05, 3.63) is 95.0 Å². The van der Waals surface area contributed by atoms with Crippen molar-refractivity contribution in [1.82, 2.24) is 0 Å². The van der Waals surface area contributed by atoms with Crippen LogP contribution in [0.1, 0.15) is 11.1 Å². The number of hydrogen-bond donors (Lipinski definition) is 0. The summed E-state index contributed by atoms with van der Waals surface area (Å²) in [7, 11) is 0. The second-order valence-corrected chi connectivity index (χ2v) is 5.49. The monoisotopic (exact) mass is 321 g/mol. The maximum Gasteiger partial charge on any atom is 0.128 e. The zero-order valence-corrected chi connectivity index (χ0v) is 13.3. The van der Waals surface area contributed by atoms with Crippen LogP contribution in [0.3, 0.4) is 0 Å². The van der Waals surface area contributed by atoms with Crippen LogP contribution in [-0.2, 0) is 6.61 Å². The summed E-state index contributed by atoms with van der Waals surface area (Å²) < 4.78 is 5.92. The van der Waals surface area contributed by atoms with E-state index in [9.17, 15) is 0 Å². The summed E-state index contributed by atoms with van der Waals surface area (Å²) in [5.74, 6) is 0.798. The van der Waals surface area contributed by atoms with Crippen molar-refractivity contribution < 1.29 is 4.74 Å². The molecule has 114 valence electrons. The summed E-state index contributed by atoms with van der Waals surface area (Å²) in [6, 6.07) is 25.4. The van der Waals surface area contributed by atoms with Crippen molar-refractivity contribution in [2.45, 2.75) is 6.61 Å². The van der Waals surface area contributed by atoms with Crippen molar-refractivity contribution in [3.8, 4) is 5.75 Å². The van der Waals surface area contributed by atoms with Crippen LogP contribution in [0.4, 0.5) is 5.69 Å². The highest BCUT2D eigenvalue weighted by Crippen LogP contribution is 2.20. The van der Waals surface area contributed by atoms with Crippen molar-refractivity contribution in [2.24, 2.45) is 4.99 Å². The summed E-state index contributed by atoms with van der Waals surface area (Å²) >= 11 is 6.00. The van der Waals surface area contributed by atoms with Crippen LogP contribution in [0.5, 0.6) is 5.75 Å².